The first-order chi connectivity index (χ1) is 13.1. The Labute approximate surface area is 163 Å². The first-order valence-electron chi connectivity index (χ1n) is 9.22. The molecule has 2 aliphatic heterocycles. The van der Waals surface area contributed by atoms with Crippen LogP contribution in [0.5, 0.6) is 0 Å². The van der Waals surface area contributed by atoms with Crippen molar-refractivity contribution in [3.63, 3.8) is 0 Å². The van der Waals surface area contributed by atoms with Crippen LogP contribution < -0.4 is 5.32 Å². The molecular weight excluding hydrogens is 360 g/mol. The van der Waals surface area contributed by atoms with Crippen LogP contribution >= 0.6 is 11.3 Å². The molecule has 6 nitrogen and oxygen atoms in total. The van der Waals surface area contributed by atoms with Gasteiger partial charge in [-0.2, -0.15) is 11.3 Å². The van der Waals surface area contributed by atoms with Gasteiger partial charge in [0.2, 0.25) is 0 Å². The molecule has 0 saturated carbocycles. The molecule has 3 amide bonds. The Morgan fingerprint density at radius 3 is 2.41 bits per heavy atom. The first-order valence-corrected chi connectivity index (χ1v) is 10.2. The molecule has 0 aliphatic carbocycles. The van der Waals surface area contributed by atoms with Gasteiger partial charge in [-0.05, 0) is 34.9 Å². The van der Waals surface area contributed by atoms with E-state index in [1.54, 1.807) is 18.3 Å². The van der Waals surface area contributed by atoms with Gasteiger partial charge in [0.15, 0.2) is 0 Å². The highest BCUT2D eigenvalue weighted by Crippen LogP contribution is 2.28. The predicted octanol–water partition coefficient (Wildman–Crippen LogP) is 2.29. The molecule has 1 aromatic heterocycles. The smallest absolute Gasteiger partial charge is 0.319 e. The second-order valence-electron chi connectivity index (χ2n) is 7.32. The lowest BCUT2D eigenvalue weighted by atomic mass is 9.92. The monoisotopic (exact) mass is 384 g/mol. The zero-order valence-corrected chi connectivity index (χ0v) is 16.2. The maximum Gasteiger partial charge on any atom is 0.326 e. The molecule has 2 aromatic rings. The molecule has 4 rings (SSSR count). The van der Waals surface area contributed by atoms with Crippen molar-refractivity contribution in [3.8, 4) is 0 Å². The van der Waals surface area contributed by atoms with E-state index < -0.39 is 5.54 Å². The zero-order chi connectivity index (χ0) is 18.9. The van der Waals surface area contributed by atoms with Crippen molar-refractivity contribution >= 4 is 23.3 Å². The fourth-order valence-corrected chi connectivity index (χ4v) is 4.38. The van der Waals surface area contributed by atoms with E-state index in [1.165, 1.54) is 10.5 Å². The van der Waals surface area contributed by atoms with Gasteiger partial charge in [0.25, 0.3) is 5.91 Å². The molecule has 2 aliphatic rings. The van der Waals surface area contributed by atoms with E-state index in [1.807, 2.05) is 30.3 Å². The molecule has 2 fully saturated rings. The average Bonchev–Trinajstić information content (AvgIpc) is 3.27. The molecule has 27 heavy (non-hydrogen) atoms. The third-order valence-electron chi connectivity index (χ3n) is 5.42. The highest BCUT2D eigenvalue weighted by atomic mass is 32.1. The number of nitrogens with zero attached hydrogens (tertiary/aromatic N) is 3. The summed E-state index contributed by atoms with van der Waals surface area (Å²) in [7, 11) is 0. The summed E-state index contributed by atoms with van der Waals surface area (Å²) in [6.07, 6.45) is 0. The van der Waals surface area contributed by atoms with Crippen LogP contribution in [0, 0.1) is 0 Å². The van der Waals surface area contributed by atoms with Crippen molar-refractivity contribution in [1.82, 2.24) is 20.0 Å². The van der Waals surface area contributed by atoms with E-state index in [2.05, 4.69) is 31.9 Å². The molecule has 2 saturated heterocycles. The fraction of sp³-hybridized carbons (Fsp3) is 0.400. The molecule has 1 N–H and O–H groups in total. The Morgan fingerprint density at radius 1 is 1.04 bits per heavy atom. The number of carbonyl (C=O) groups excluding carboxylic acids is 2. The number of urea groups is 1. The minimum Gasteiger partial charge on any atom is -0.319 e. The zero-order valence-electron chi connectivity index (χ0n) is 15.4. The Morgan fingerprint density at radius 2 is 1.74 bits per heavy atom. The summed E-state index contributed by atoms with van der Waals surface area (Å²) in [5.74, 6) is -0.181. The summed E-state index contributed by atoms with van der Waals surface area (Å²) in [5, 5.41) is 7.16. The topological polar surface area (TPSA) is 55.9 Å². The van der Waals surface area contributed by atoms with Gasteiger partial charge in [-0.3, -0.25) is 14.6 Å². The van der Waals surface area contributed by atoms with Gasteiger partial charge in [-0.1, -0.05) is 30.3 Å². The molecule has 1 atom stereocenters. The number of amides is 3. The second-order valence-corrected chi connectivity index (χ2v) is 8.10. The fourth-order valence-electron chi connectivity index (χ4n) is 3.72. The van der Waals surface area contributed by atoms with Crippen molar-refractivity contribution in [3.05, 3.63) is 58.3 Å². The van der Waals surface area contributed by atoms with Crippen molar-refractivity contribution in [2.75, 3.05) is 32.8 Å². The quantitative estimate of drug-likeness (QED) is 0.804. The van der Waals surface area contributed by atoms with E-state index in [-0.39, 0.29) is 11.9 Å². The number of hydrogen-bond acceptors (Lipinski definition) is 5. The number of benzene rings is 1. The van der Waals surface area contributed by atoms with E-state index >= 15 is 0 Å². The lowest BCUT2D eigenvalue weighted by molar-refractivity contribution is -0.132. The largest absolute Gasteiger partial charge is 0.326 e. The van der Waals surface area contributed by atoms with Gasteiger partial charge in [0.05, 0.1) is 6.67 Å². The Balaban J connectivity index is 1.36. The molecule has 0 unspecified atom stereocenters. The van der Waals surface area contributed by atoms with Gasteiger partial charge < -0.3 is 5.32 Å². The Hall–Kier alpha value is -2.22. The van der Waals surface area contributed by atoms with Gasteiger partial charge in [0.1, 0.15) is 5.54 Å². The van der Waals surface area contributed by atoms with Crippen molar-refractivity contribution < 1.29 is 9.59 Å². The number of nitrogens with one attached hydrogen (secondary N) is 1. The summed E-state index contributed by atoms with van der Waals surface area (Å²) in [6, 6.07) is 11.3. The van der Waals surface area contributed by atoms with Crippen LogP contribution in [-0.4, -0.2) is 59.5 Å². The number of piperazine rings is 1. The normalized spacial score (nSPS) is 24.4. The van der Waals surface area contributed by atoms with Crippen LogP contribution in [0.4, 0.5) is 4.79 Å². The highest BCUT2D eigenvalue weighted by Gasteiger charge is 2.49. The van der Waals surface area contributed by atoms with E-state index in [0.29, 0.717) is 6.67 Å². The number of imide groups is 1. The molecule has 0 bridgehead atoms. The molecule has 0 spiro atoms. The molecule has 0 radical (unpaired) electrons. The van der Waals surface area contributed by atoms with Crippen LogP contribution in [0.25, 0.3) is 0 Å². The van der Waals surface area contributed by atoms with E-state index in [9.17, 15) is 9.59 Å². The predicted molar refractivity (Wildman–Crippen MR) is 105 cm³/mol. The van der Waals surface area contributed by atoms with Gasteiger partial charge in [0, 0.05) is 32.7 Å². The SMILES string of the molecule is C[C@]1(c2ccccc2)NC(=O)N(CN2CCN(Cc3ccsc3)CC2)C1=O. The molecular formula is C20H24N4O2S. The lowest BCUT2D eigenvalue weighted by Gasteiger charge is -2.36. The molecule has 142 valence electrons. The number of carbonyl (C=O) groups is 2. The minimum absolute atomic E-state index is 0.181. The maximum atomic E-state index is 13.0. The number of rotatable bonds is 5. The summed E-state index contributed by atoms with van der Waals surface area (Å²) >= 11 is 1.72. The van der Waals surface area contributed by atoms with Crippen LogP contribution in [0.15, 0.2) is 47.2 Å². The summed E-state index contributed by atoms with van der Waals surface area (Å²) in [5.41, 5.74) is 1.17. The summed E-state index contributed by atoms with van der Waals surface area (Å²) < 4.78 is 0. The molecule has 7 heteroatoms. The van der Waals surface area contributed by atoms with Gasteiger partial charge >= 0.3 is 6.03 Å². The van der Waals surface area contributed by atoms with Crippen molar-refractivity contribution in [2.45, 2.75) is 19.0 Å². The first kappa shape index (κ1) is 18.2. The lowest BCUT2D eigenvalue weighted by Crippen LogP contribution is -2.51. The standard InChI is InChI=1S/C20H24N4O2S/c1-20(17-5-3-2-4-6-17)18(25)24(19(26)21-20)15-23-10-8-22(9-11-23)13-16-7-12-27-14-16/h2-7,12,14H,8-11,13,15H2,1H3,(H,21,26)/t20-/m1/s1. The maximum absolute atomic E-state index is 13.0. The molecule has 1 aromatic carbocycles. The second kappa shape index (κ2) is 7.42. The third-order valence-corrected chi connectivity index (χ3v) is 6.15. The van der Waals surface area contributed by atoms with E-state index in [0.717, 1.165) is 38.3 Å². The Bertz CT molecular complexity index is 803. The summed E-state index contributed by atoms with van der Waals surface area (Å²) in [6.45, 7) is 6.67. The summed E-state index contributed by atoms with van der Waals surface area (Å²) in [4.78, 5) is 31.4. The number of thiophene rings is 1. The molecule has 3 heterocycles. The van der Waals surface area contributed by atoms with Gasteiger partial charge in [-0.15, -0.1) is 0 Å². The van der Waals surface area contributed by atoms with Crippen LogP contribution in [0.3, 0.4) is 0 Å². The highest BCUT2D eigenvalue weighted by molar-refractivity contribution is 7.07. The minimum atomic E-state index is -0.987. The van der Waals surface area contributed by atoms with Crippen LogP contribution in [0.2, 0.25) is 0 Å². The Kier molecular flexibility index (Phi) is 4.99. The van der Waals surface area contributed by atoms with Crippen molar-refractivity contribution in [2.24, 2.45) is 0 Å². The van der Waals surface area contributed by atoms with Gasteiger partial charge in [-0.25, -0.2) is 9.69 Å². The van der Waals surface area contributed by atoms with Crippen LogP contribution in [0.1, 0.15) is 18.1 Å². The third kappa shape index (κ3) is 3.63. The number of hydrogen-bond donors (Lipinski definition) is 1. The van der Waals surface area contributed by atoms with Crippen molar-refractivity contribution in [1.29, 1.82) is 0 Å². The van der Waals surface area contributed by atoms with Crippen LogP contribution in [-0.2, 0) is 16.9 Å². The van der Waals surface area contributed by atoms with E-state index in [4.69, 9.17) is 0 Å². The average molecular weight is 385 g/mol.